The second-order valence-electron chi connectivity index (χ2n) is 4.29. The van der Waals surface area contributed by atoms with Crippen LogP contribution in [0, 0.1) is 5.82 Å². The normalized spacial score (nSPS) is 23.7. The average molecular weight is 240 g/mol. The Morgan fingerprint density at radius 3 is 2.88 bits per heavy atom. The van der Waals surface area contributed by atoms with E-state index in [0.717, 1.165) is 19.3 Å². The van der Waals surface area contributed by atoms with E-state index in [1.54, 1.807) is 0 Å². The molecule has 2 atom stereocenters. The summed E-state index contributed by atoms with van der Waals surface area (Å²) < 4.78 is 18.8. The van der Waals surface area contributed by atoms with Crippen LogP contribution in [0.4, 0.5) is 10.1 Å². The van der Waals surface area contributed by atoms with Gasteiger partial charge in [-0.25, -0.2) is 4.39 Å². The van der Waals surface area contributed by atoms with E-state index < -0.39 is 0 Å². The van der Waals surface area contributed by atoms with Gasteiger partial charge in [0.2, 0.25) is 0 Å². The summed E-state index contributed by atoms with van der Waals surface area (Å²) in [5.41, 5.74) is 2.40. The lowest BCUT2D eigenvalue weighted by Gasteiger charge is -2.16. The molecule has 94 valence electrons. The minimum atomic E-state index is -0.373. The number of hydrogen-bond acceptors (Lipinski definition) is 4. The fraction of sp³-hybridized carbons (Fsp3) is 0.500. The monoisotopic (exact) mass is 240 g/mol. The average Bonchev–Trinajstić information content (AvgIpc) is 2.77. The minimum absolute atomic E-state index is 0.0707. The Labute approximate surface area is 99.7 Å². The number of hydrogen-bond donors (Lipinski definition) is 3. The lowest BCUT2D eigenvalue weighted by atomic mass is 10.2. The third-order valence-corrected chi connectivity index (χ3v) is 3.15. The van der Waals surface area contributed by atoms with Gasteiger partial charge in [0.1, 0.15) is 23.4 Å². The highest BCUT2D eigenvalue weighted by molar-refractivity contribution is 5.54. The molecule has 1 saturated carbocycles. The van der Waals surface area contributed by atoms with Crippen LogP contribution in [0.15, 0.2) is 18.2 Å². The zero-order valence-corrected chi connectivity index (χ0v) is 9.74. The van der Waals surface area contributed by atoms with Crippen molar-refractivity contribution in [1.29, 1.82) is 0 Å². The van der Waals surface area contributed by atoms with Gasteiger partial charge in [0.25, 0.3) is 0 Å². The van der Waals surface area contributed by atoms with Crippen LogP contribution >= 0.6 is 0 Å². The Kier molecular flexibility index (Phi) is 3.81. The smallest absolute Gasteiger partial charge is 0.148 e. The summed E-state index contributed by atoms with van der Waals surface area (Å²) in [5.74, 6) is -0.0172. The largest absolute Gasteiger partial charge is 0.488 e. The first-order valence-electron chi connectivity index (χ1n) is 5.76. The highest BCUT2D eigenvalue weighted by atomic mass is 19.1. The van der Waals surface area contributed by atoms with Crippen molar-refractivity contribution >= 4 is 5.69 Å². The summed E-state index contributed by atoms with van der Waals surface area (Å²) in [5, 5.41) is 12.1. The molecule has 0 saturated heterocycles. The maximum absolute atomic E-state index is 13.1. The molecule has 0 bridgehead atoms. The van der Waals surface area contributed by atoms with Crippen LogP contribution in [-0.4, -0.2) is 24.4 Å². The molecule has 1 aliphatic carbocycles. The van der Waals surface area contributed by atoms with Crippen molar-refractivity contribution in [3.63, 3.8) is 0 Å². The molecule has 4 nitrogen and oxygen atoms in total. The number of anilines is 1. The van der Waals surface area contributed by atoms with Gasteiger partial charge in [-0.05, 0) is 38.4 Å². The van der Waals surface area contributed by atoms with Crippen LogP contribution in [-0.2, 0) is 0 Å². The molecule has 1 fully saturated rings. The summed E-state index contributed by atoms with van der Waals surface area (Å²) in [6, 6.07) is 4.47. The molecule has 0 aliphatic heterocycles. The standard InChI is InChI=1S/C12H17FN2O2/c1-14-9-3-4-10(7-9)17-12-6-8(13)2-5-11(12)15-16/h2,5-6,9-10,14-16H,3-4,7H2,1H3/t9-,10-/m0/s1. The molecule has 0 spiro atoms. The van der Waals surface area contributed by atoms with E-state index in [4.69, 9.17) is 9.94 Å². The van der Waals surface area contributed by atoms with Crippen molar-refractivity contribution in [1.82, 2.24) is 5.32 Å². The maximum atomic E-state index is 13.1. The Morgan fingerprint density at radius 1 is 1.41 bits per heavy atom. The van der Waals surface area contributed by atoms with Crippen molar-refractivity contribution in [2.24, 2.45) is 0 Å². The van der Waals surface area contributed by atoms with E-state index >= 15 is 0 Å². The quantitative estimate of drug-likeness (QED) is 0.706. The Balaban J connectivity index is 2.05. The Bertz CT molecular complexity index is 387. The summed E-state index contributed by atoms with van der Waals surface area (Å²) in [6.07, 6.45) is 2.96. The second kappa shape index (κ2) is 5.33. The van der Waals surface area contributed by atoms with Crippen molar-refractivity contribution in [2.75, 3.05) is 12.5 Å². The first-order chi connectivity index (χ1) is 8.22. The topological polar surface area (TPSA) is 53.5 Å². The molecule has 1 aromatic rings. The van der Waals surface area contributed by atoms with Crippen LogP contribution in [0.1, 0.15) is 19.3 Å². The predicted octanol–water partition coefficient (Wildman–Crippen LogP) is 2.15. The molecule has 0 radical (unpaired) electrons. The zero-order chi connectivity index (χ0) is 12.3. The van der Waals surface area contributed by atoms with Crippen LogP contribution in [0.3, 0.4) is 0 Å². The third kappa shape index (κ3) is 2.87. The molecular weight excluding hydrogens is 223 g/mol. The minimum Gasteiger partial charge on any atom is -0.488 e. The van der Waals surface area contributed by atoms with Gasteiger partial charge in [-0.1, -0.05) is 0 Å². The molecule has 17 heavy (non-hydrogen) atoms. The highest BCUT2D eigenvalue weighted by Crippen LogP contribution is 2.30. The van der Waals surface area contributed by atoms with E-state index in [9.17, 15) is 4.39 Å². The molecular formula is C12H17FN2O2. The lowest BCUT2D eigenvalue weighted by molar-refractivity contribution is 0.205. The molecule has 0 heterocycles. The van der Waals surface area contributed by atoms with Gasteiger partial charge in [0.15, 0.2) is 0 Å². The number of nitrogens with one attached hydrogen (secondary N) is 2. The zero-order valence-electron chi connectivity index (χ0n) is 9.74. The molecule has 1 aliphatic rings. The van der Waals surface area contributed by atoms with Crippen molar-refractivity contribution in [2.45, 2.75) is 31.4 Å². The third-order valence-electron chi connectivity index (χ3n) is 3.15. The lowest BCUT2D eigenvalue weighted by Crippen LogP contribution is -2.23. The van der Waals surface area contributed by atoms with Crippen LogP contribution in [0.2, 0.25) is 0 Å². The molecule has 0 amide bonds. The first kappa shape index (κ1) is 12.1. The van der Waals surface area contributed by atoms with E-state index in [1.807, 2.05) is 12.5 Å². The van der Waals surface area contributed by atoms with Gasteiger partial charge in [-0.3, -0.25) is 10.7 Å². The molecule has 0 unspecified atom stereocenters. The summed E-state index contributed by atoms with van der Waals surface area (Å²) >= 11 is 0. The van der Waals surface area contributed by atoms with E-state index in [-0.39, 0.29) is 11.9 Å². The summed E-state index contributed by atoms with van der Waals surface area (Å²) in [6.45, 7) is 0. The van der Waals surface area contributed by atoms with Gasteiger partial charge < -0.3 is 10.1 Å². The second-order valence-corrected chi connectivity index (χ2v) is 4.29. The molecule has 0 aromatic heterocycles. The van der Waals surface area contributed by atoms with Gasteiger partial charge in [0.05, 0.1) is 0 Å². The van der Waals surface area contributed by atoms with Gasteiger partial charge in [-0.2, -0.15) is 0 Å². The summed E-state index contributed by atoms with van der Waals surface area (Å²) in [4.78, 5) is 0. The fourth-order valence-corrected chi connectivity index (χ4v) is 2.17. The van der Waals surface area contributed by atoms with Crippen molar-refractivity contribution in [3.05, 3.63) is 24.0 Å². The number of rotatable bonds is 4. The van der Waals surface area contributed by atoms with Crippen LogP contribution < -0.4 is 15.5 Å². The van der Waals surface area contributed by atoms with Crippen LogP contribution in [0.5, 0.6) is 5.75 Å². The predicted molar refractivity (Wildman–Crippen MR) is 62.9 cm³/mol. The fourth-order valence-electron chi connectivity index (χ4n) is 2.17. The van der Waals surface area contributed by atoms with Gasteiger partial charge in [0, 0.05) is 12.1 Å². The number of ether oxygens (including phenoxy) is 1. The first-order valence-corrected chi connectivity index (χ1v) is 5.76. The van der Waals surface area contributed by atoms with Crippen molar-refractivity contribution in [3.8, 4) is 5.75 Å². The van der Waals surface area contributed by atoms with E-state index in [0.29, 0.717) is 17.5 Å². The number of halogens is 1. The van der Waals surface area contributed by atoms with E-state index in [2.05, 4.69) is 5.32 Å². The van der Waals surface area contributed by atoms with E-state index in [1.165, 1.54) is 18.2 Å². The van der Waals surface area contributed by atoms with Gasteiger partial charge >= 0.3 is 0 Å². The highest BCUT2D eigenvalue weighted by Gasteiger charge is 2.25. The molecule has 5 heteroatoms. The van der Waals surface area contributed by atoms with Crippen LogP contribution in [0.25, 0.3) is 0 Å². The van der Waals surface area contributed by atoms with Crippen molar-refractivity contribution < 1.29 is 14.3 Å². The molecule has 1 aromatic carbocycles. The molecule has 2 rings (SSSR count). The Morgan fingerprint density at radius 2 is 2.24 bits per heavy atom. The maximum Gasteiger partial charge on any atom is 0.148 e. The Hall–Kier alpha value is -1.33. The summed E-state index contributed by atoms with van der Waals surface area (Å²) in [7, 11) is 1.93. The SMILES string of the molecule is CN[C@H]1CC[C@H](Oc2cc(F)ccc2NO)C1. The molecule has 3 N–H and O–H groups in total. The van der Waals surface area contributed by atoms with Gasteiger partial charge in [-0.15, -0.1) is 0 Å². The number of benzene rings is 1.